The maximum Gasteiger partial charge on any atom is 0.0621 e. The number of aromatic nitrogens is 1. The number of hydrogen-bond acceptors (Lipinski definition) is 2. The molecule has 0 aliphatic heterocycles. The fraction of sp³-hybridized carbons (Fsp3) is 0.667. The van der Waals surface area contributed by atoms with Crippen molar-refractivity contribution >= 4 is 11.6 Å². The van der Waals surface area contributed by atoms with Crippen molar-refractivity contribution in [3.8, 4) is 0 Å². The van der Waals surface area contributed by atoms with E-state index in [0.29, 0.717) is 0 Å². The monoisotopic (exact) mass is 266 g/mol. The zero-order chi connectivity index (χ0) is 13.2. The second kappa shape index (κ2) is 5.58. The molecular weight excluding hydrogens is 244 g/mol. The Labute approximate surface area is 115 Å². The highest BCUT2D eigenvalue weighted by Gasteiger charge is 2.33. The quantitative estimate of drug-likeness (QED) is 0.903. The van der Waals surface area contributed by atoms with Gasteiger partial charge in [-0.2, -0.15) is 0 Å². The Morgan fingerprint density at radius 3 is 2.67 bits per heavy atom. The molecule has 1 aliphatic carbocycles. The number of nitrogens with zero attached hydrogens (tertiary/aromatic N) is 1. The molecule has 0 bridgehead atoms. The molecule has 0 aromatic carbocycles. The molecular formula is C15H23ClN2. The van der Waals surface area contributed by atoms with Gasteiger partial charge in [-0.3, -0.25) is 4.98 Å². The van der Waals surface area contributed by atoms with E-state index in [1.54, 1.807) is 12.4 Å². The number of pyridine rings is 1. The number of rotatable bonds is 3. The van der Waals surface area contributed by atoms with Crippen LogP contribution in [0.5, 0.6) is 0 Å². The summed E-state index contributed by atoms with van der Waals surface area (Å²) >= 11 is 6.17. The molecule has 2 N–H and O–H groups in total. The van der Waals surface area contributed by atoms with Crippen molar-refractivity contribution in [2.75, 3.05) is 0 Å². The van der Waals surface area contributed by atoms with Crippen molar-refractivity contribution in [1.29, 1.82) is 0 Å². The molecule has 0 unspecified atom stereocenters. The fourth-order valence-electron chi connectivity index (χ4n) is 2.99. The largest absolute Gasteiger partial charge is 0.325 e. The number of nitrogens with two attached hydrogens (primary N) is 1. The summed E-state index contributed by atoms with van der Waals surface area (Å²) in [5, 5.41) is 0.744. The zero-order valence-electron chi connectivity index (χ0n) is 11.3. The fourth-order valence-corrected chi connectivity index (χ4v) is 3.17. The van der Waals surface area contributed by atoms with Gasteiger partial charge in [-0.05, 0) is 55.6 Å². The molecule has 18 heavy (non-hydrogen) atoms. The molecule has 0 radical (unpaired) electrons. The van der Waals surface area contributed by atoms with Gasteiger partial charge < -0.3 is 5.73 Å². The van der Waals surface area contributed by atoms with E-state index in [1.807, 2.05) is 6.07 Å². The molecule has 3 heteroatoms. The molecule has 1 heterocycles. The Balaban J connectivity index is 2.00. The van der Waals surface area contributed by atoms with Gasteiger partial charge in [-0.15, -0.1) is 0 Å². The topological polar surface area (TPSA) is 38.9 Å². The highest BCUT2D eigenvalue weighted by atomic mass is 35.5. The van der Waals surface area contributed by atoms with Gasteiger partial charge >= 0.3 is 0 Å². The molecule has 0 amide bonds. The van der Waals surface area contributed by atoms with Crippen LogP contribution in [0.4, 0.5) is 0 Å². The summed E-state index contributed by atoms with van der Waals surface area (Å²) < 4.78 is 0. The lowest BCUT2D eigenvalue weighted by Gasteiger charge is -2.39. The Kier molecular flexibility index (Phi) is 4.29. The van der Waals surface area contributed by atoms with Crippen molar-refractivity contribution in [3.05, 3.63) is 29.0 Å². The summed E-state index contributed by atoms with van der Waals surface area (Å²) in [5.74, 6) is 1.62. The second-order valence-electron chi connectivity index (χ2n) is 6.09. The Hall–Kier alpha value is -0.600. The normalized spacial score (nSPS) is 28.6. The smallest absolute Gasteiger partial charge is 0.0621 e. The first-order valence-corrected chi connectivity index (χ1v) is 7.25. The van der Waals surface area contributed by atoms with E-state index in [4.69, 9.17) is 17.3 Å². The van der Waals surface area contributed by atoms with Gasteiger partial charge in [0.25, 0.3) is 0 Å². The Morgan fingerprint density at radius 1 is 1.44 bits per heavy atom. The molecule has 100 valence electrons. The molecule has 0 saturated heterocycles. The third kappa shape index (κ3) is 3.24. The average molecular weight is 267 g/mol. The van der Waals surface area contributed by atoms with Gasteiger partial charge in [0.05, 0.1) is 5.02 Å². The first-order valence-electron chi connectivity index (χ1n) is 6.87. The predicted octanol–water partition coefficient (Wildman–Crippen LogP) is 3.82. The summed E-state index contributed by atoms with van der Waals surface area (Å²) in [6.45, 7) is 4.63. The zero-order valence-corrected chi connectivity index (χ0v) is 12.1. The number of hydrogen-bond donors (Lipinski definition) is 1. The first-order chi connectivity index (χ1) is 8.50. The van der Waals surface area contributed by atoms with E-state index in [9.17, 15) is 0 Å². The predicted molar refractivity (Wildman–Crippen MR) is 76.7 cm³/mol. The molecule has 0 atom stereocenters. The van der Waals surface area contributed by atoms with Crippen LogP contribution < -0.4 is 5.73 Å². The summed E-state index contributed by atoms with van der Waals surface area (Å²) in [7, 11) is 0. The minimum absolute atomic E-state index is 0.0730. The van der Waals surface area contributed by atoms with Crippen molar-refractivity contribution in [2.45, 2.75) is 51.5 Å². The first kappa shape index (κ1) is 13.8. The van der Waals surface area contributed by atoms with Crippen molar-refractivity contribution in [2.24, 2.45) is 17.6 Å². The average Bonchev–Trinajstić information content (AvgIpc) is 2.32. The lowest BCUT2D eigenvalue weighted by molar-refractivity contribution is 0.194. The summed E-state index contributed by atoms with van der Waals surface area (Å²) in [4.78, 5) is 4.02. The molecule has 1 aliphatic rings. The minimum Gasteiger partial charge on any atom is -0.325 e. The maximum atomic E-state index is 6.54. The Bertz CT molecular complexity index is 395. The van der Waals surface area contributed by atoms with E-state index < -0.39 is 0 Å². The molecule has 2 rings (SSSR count). The minimum atomic E-state index is -0.0730. The molecule has 0 spiro atoms. The van der Waals surface area contributed by atoms with Crippen LogP contribution in [-0.2, 0) is 6.42 Å². The molecule has 1 aromatic heterocycles. The SMILES string of the molecule is CC(C)C1CCC(N)(Cc2ccncc2Cl)CC1. The van der Waals surface area contributed by atoms with Crippen LogP contribution in [-0.4, -0.2) is 10.5 Å². The lowest BCUT2D eigenvalue weighted by atomic mass is 9.71. The van der Waals surface area contributed by atoms with Gasteiger partial charge in [0.1, 0.15) is 0 Å². The van der Waals surface area contributed by atoms with E-state index in [2.05, 4.69) is 18.8 Å². The highest BCUT2D eigenvalue weighted by Crippen LogP contribution is 2.36. The van der Waals surface area contributed by atoms with Crippen LogP contribution in [0.25, 0.3) is 0 Å². The second-order valence-corrected chi connectivity index (χ2v) is 6.49. The summed E-state index contributed by atoms with van der Waals surface area (Å²) in [6.07, 6.45) is 9.08. The van der Waals surface area contributed by atoms with E-state index in [-0.39, 0.29) is 5.54 Å². The van der Waals surface area contributed by atoms with Crippen molar-refractivity contribution in [3.63, 3.8) is 0 Å². The maximum absolute atomic E-state index is 6.54. The van der Waals surface area contributed by atoms with Gasteiger partial charge in [0, 0.05) is 17.9 Å². The third-order valence-corrected chi connectivity index (χ3v) is 4.71. The van der Waals surface area contributed by atoms with Gasteiger partial charge in [-0.1, -0.05) is 25.4 Å². The summed E-state index contributed by atoms with van der Waals surface area (Å²) in [5.41, 5.74) is 7.61. The van der Waals surface area contributed by atoms with Gasteiger partial charge in [0.2, 0.25) is 0 Å². The van der Waals surface area contributed by atoms with Crippen molar-refractivity contribution in [1.82, 2.24) is 4.98 Å². The van der Waals surface area contributed by atoms with Crippen LogP contribution in [0.15, 0.2) is 18.5 Å². The van der Waals surface area contributed by atoms with Crippen LogP contribution in [0.1, 0.15) is 45.1 Å². The van der Waals surface area contributed by atoms with Crippen LogP contribution >= 0.6 is 11.6 Å². The molecule has 2 nitrogen and oxygen atoms in total. The lowest BCUT2D eigenvalue weighted by Crippen LogP contribution is -2.45. The molecule has 1 saturated carbocycles. The van der Waals surface area contributed by atoms with Gasteiger partial charge in [0.15, 0.2) is 0 Å². The highest BCUT2D eigenvalue weighted by molar-refractivity contribution is 6.31. The standard InChI is InChI=1S/C15H23ClN2/c1-11(2)12-3-6-15(17,7-4-12)9-13-5-8-18-10-14(13)16/h5,8,10-12H,3-4,6-7,9,17H2,1-2H3. The third-order valence-electron chi connectivity index (χ3n) is 4.37. The van der Waals surface area contributed by atoms with Crippen LogP contribution in [0.2, 0.25) is 5.02 Å². The number of halogens is 1. The Morgan fingerprint density at radius 2 is 2.11 bits per heavy atom. The summed E-state index contributed by atoms with van der Waals surface area (Å²) in [6, 6.07) is 1.99. The van der Waals surface area contributed by atoms with E-state index in [1.165, 1.54) is 12.8 Å². The van der Waals surface area contributed by atoms with E-state index >= 15 is 0 Å². The van der Waals surface area contributed by atoms with E-state index in [0.717, 1.165) is 41.7 Å². The van der Waals surface area contributed by atoms with Crippen LogP contribution in [0, 0.1) is 11.8 Å². The van der Waals surface area contributed by atoms with Crippen LogP contribution in [0.3, 0.4) is 0 Å². The molecule has 1 aromatic rings. The van der Waals surface area contributed by atoms with Crippen molar-refractivity contribution < 1.29 is 0 Å². The van der Waals surface area contributed by atoms with Gasteiger partial charge in [-0.25, -0.2) is 0 Å². The molecule has 1 fully saturated rings.